The zero-order valence-corrected chi connectivity index (χ0v) is 7.75. The highest BCUT2D eigenvalue weighted by atomic mass is 35.5. The molecule has 66 valence electrons. The molecule has 2 rings (SSSR count). The second-order valence-corrected chi connectivity index (χ2v) is 2.91. The van der Waals surface area contributed by atoms with E-state index in [1.165, 1.54) is 0 Å². The van der Waals surface area contributed by atoms with Crippen molar-refractivity contribution in [3.63, 3.8) is 0 Å². The number of hydrogen-bond acceptors (Lipinski definition) is 3. The smallest absolute Gasteiger partial charge is 0.165 e. The topological polar surface area (TPSA) is 35.0 Å². The van der Waals surface area contributed by atoms with Gasteiger partial charge in [-0.05, 0) is 12.1 Å². The molecule has 0 radical (unpaired) electrons. The molecule has 13 heavy (non-hydrogen) atoms. The normalized spacial score (nSPS) is 10.3. The highest BCUT2D eigenvalue weighted by Crippen LogP contribution is 2.30. The summed E-state index contributed by atoms with van der Waals surface area (Å²) < 4.78 is 5.12. The lowest BCUT2D eigenvalue weighted by Gasteiger charge is -2.04. The van der Waals surface area contributed by atoms with Crippen molar-refractivity contribution in [2.45, 2.75) is 0 Å². The van der Waals surface area contributed by atoms with Gasteiger partial charge in [0.15, 0.2) is 5.75 Å². The highest BCUT2D eigenvalue weighted by molar-refractivity contribution is 6.33. The Morgan fingerprint density at radius 1 is 1.23 bits per heavy atom. The van der Waals surface area contributed by atoms with E-state index in [1.807, 2.05) is 6.07 Å². The predicted molar refractivity (Wildman–Crippen MR) is 51.1 cm³/mol. The molecule has 0 unspecified atom stereocenters. The van der Waals surface area contributed by atoms with Crippen molar-refractivity contribution in [3.8, 4) is 5.75 Å². The van der Waals surface area contributed by atoms with Gasteiger partial charge >= 0.3 is 0 Å². The third kappa shape index (κ3) is 1.31. The summed E-state index contributed by atoms with van der Waals surface area (Å²) in [7, 11) is 1.56. The Balaban J connectivity index is 2.84. The van der Waals surface area contributed by atoms with Crippen molar-refractivity contribution >= 4 is 22.6 Å². The third-order valence-corrected chi connectivity index (χ3v) is 2.05. The number of nitrogens with zero attached hydrogens (tertiary/aromatic N) is 2. The third-order valence-electron chi connectivity index (χ3n) is 1.75. The Bertz CT molecular complexity index is 445. The first kappa shape index (κ1) is 8.26. The van der Waals surface area contributed by atoms with Gasteiger partial charge in [0.25, 0.3) is 0 Å². The van der Waals surface area contributed by atoms with Crippen LogP contribution in [0.4, 0.5) is 0 Å². The van der Waals surface area contributed by atoms with Gasteiger partial charge in [-0.2, -0.15) is 0 Å². The largest absolute Gasteiger partial charge is 0.493 e. The maximum atomic E-state index is 5.91. The van der Waals surface area contributed by atoms with Crippen LogP contribution in [-0.2, 0) is 0 Å². The van der Waals surface area contributed by atoms with Crippen molar-refractivity contribution in [1.82, 2.24) is 9.97 Å². The van der Waals surface area contributed by atoms with Crippen LogP contribution in [0.15, 0.2) is 24.5 Å². The van der Waals surface area contributed by atoms with Gasteiger partial charge in [-0.15, -0.1) is 0 Å². The fourth-order valence-electron chi connectivity index (χ4n) is 1.18. The molecule has 0 aliphatic carbocycles. The van der Waals surface area contributed by atoms with E-state index in [0.717, 1.165) is 5.52 Å². The predicted octanol–water partition coefficient (Wildman–Crippen LogP) is 2.29. The van der Waals surface area contributed by atoms with E-state index in [1.54, 1.807) is 25.6 Å². The lowest BCUT2D eigenvalue weighted by Crippen LogP contribution is -1.89. The summed E-state index contributed by atoms with van der Waals surface area (Å²) in [6.07, 6.45) is 3.25. The maximum absolute atomic E-state index is 5.91. The molecule has 0 bridgehead atoms. The van der Waals surface area contributed by atoms with Crippen LogP contribution in [-0.4, -0.2) is 17.1 Å². The number of aromatic nitrogens is 2. The molecular formula is C9H7ClN2O. The molecule has 0 atom stereocenters. The van der Waals surface area contributed by atoms with Gasteiger partial charge < -0.3 is 4.74 Å². The number of methoxy groups -OCH3 is 1. The highest BCUT2D eigenvalue weighted by Gasteiger charge is 2.06. The van der Waals surface area contributed by atoms with Gasteiger partial charge in [-0.25, -0.2) is 4.98 Å². The first-order valence-electron chi connectivity index (χ1n) is 3.76. The standard InChI is InChI=1S/C9H7ClN2O/c1-13-9-6(10)2-3-7-8(9)12-5-4-11-7/h2-5H,1H3. The van der Waals surface area contributed by atoms with E-state index in [4.69, 9.17) is 16.3 Å². The van der Waals surface area contributed by atoms with Crippen LogP contribution < -0.4 is 4.74 Å². The molecule has 1 heterocycles. The van der Waals surface area contributed by atoms with Crippen LogP contribution in [0.25, 0.3) is 11.0 Å². The summed E-state index contributed by atoms with van der Waals surface area (Å²) in [4.78, 5) is 8.27. The number of hydrogen-bond donors (Lipinski definition) is 0. The van der Waals surface area contributed by atoms with Crippen LogP contribution in [0.3, 0.4) is 0 Å². The molecule has 0 saturated heterocycles. The van der Waals surface area contributed by atoms with Crippen molar-refractivity contribution in [3.05, 3.63) is 29.5 Å². The van der Waals surface area contributed by atoms with E-state index in [2.05, 4.69) is 9.97 Å². The maximum Gasteiger partial charge on any atom is 0.165 e. The first-order chi connectivity index (χ1) is 6.33. The molecule has 0 N–H and O–H groups in total. The second kappa shape index (κ2) is 3.18. The van der Waals surface area contributed by atoms with E-state index < -0.39 is 0 Å². The molecular weight excluding hydrogens is 188 g/mol. The zero-order chi connectivity index (χ0) is 9.26. The summed E-state index contributed by atoms with van der Waals surface area (Å²) in [5, 5.41) is 0.551. The summed E-state index contributed by atoms with van der Waals surface area (Å²) in [5.41, 5.74) is 1.47. The van der Waals surface area contributed by atoms with Crippen LogP contribution in [0, 0.1) is 0 Å². The molecule has 2 aromatic rings. The van der Waals surface area contributed by atoms with Crippen LogP contribution >= 0.6 is 11.6 Å². The van der Waals surface area contributed by atoms with Gasteiger partial charge in [0.05, 0.1) is 17.6 Å². The minimum absolute atomic E-state index is 0.551. The molecule has 3 nitrogen and oxygen atoms in total. The van der Waals surface area contributed by atoms with Gasteiger partial charge in [-0.3, -0.25) is 4.98 Å². The Hall–Kier alpha value is -1.35. The number of benzene rings is 1. The monoisotopic (exact) mass is 194 g/mol. The fourth-order valence-corrected chi connectivity index (χ4v) is 1.41. The number of fused-ring (bicyclic) bond motifs is 1. The first-order valence-corrected chi connectivity index (χ1v) is 4.14. The van der Waals surface area contributed by atoms with Crippen LogP contribution in [0.1, 0.15) is 0 Å². The van der Waals surface area contributed by atoms with Crippen LogP contribution in [0.2, 0.25) is 5.02 Å². The molecule has 0 fully saturated rings. The van der Waals surface area contributed by atoms with Gasteiger partial charge in [-0.1, -0.05) is 11.6 Å². The summed E-state index contributed by atoms with van der Waals surface area (Å²) in [5.74, 6) is 0.576. The van der Waals surface area contributed by atoms with E-state index in [9.17, 15) is 0 Å². The van der Waals surface area contributed by atoms with Gasteiger partial charge in [0, 0.05) is 12.4 Å². The van der Waals surface area contributed by atoms with E-state index in [-0.39, 0.29) is 0 Å². The number of rotatable bonds is 1. The number of halogens is 1. The second-order valence-electron chi connectivity index (χ2n) is 2.50. The minimum Gasteiger partial charge on any atom is -0.493 e. The van der Waals surface area contributed by atoms with Crippen LogP contribution in [0.5, 0.6) is 5.75 Å². The Morgan fingerprint density at radius 2 is 2.00 bits per heavy atom. The molecule has 4 heteroatoms. The lowest BCUT2D eigenvalue weighted by atomic mass is 10.3. The average Bonchev–Trinajstić information content (AvgIpc) is 2.18. The Labute approximate surface area is 80.3 Å². The molecule has 0 amide bonds. The van der Waals surface area contributed by atoms with Crippen molar-refractivity contribution < 1.29 is 4.74 Å². The molecule has 0 aliphatic heterocycles. The quantitative estimate of drug-likeness (QED) is 0.699. The minimum atomic E-state index is 0.551. The number of ether oxygens (including phenoxy) is 1. The Kier molecular flexibility index (Phi) is 2.02. The fraction of sp³-hybridized carbons (Fsp3) is 0.111. The van der Waals surface area contributed by atoms with Gasteiger partial charge in [0.2, 0.25) is 0 Å². The lowest BCUT2D eigenvalue weighted by molar-refractivity contribution is 0.419. The van der Waals surface area contributed by atoms with Crippen molar-refractivity contribution in [2.24, 2.45) is 0 Å². The molecule has 0 spiro atoms. The van der Waals surface area contributed by atoms with Gasteiger partial charge in [0.1, 0.15) is 5.52 Å². The molecule has 0 aliphatic rings. The van der Waals surface area contributed by atoms with E-state index in [0.29, 0.717) is 16.3 Å². The van der Waals surface area contributed by atoms with Crippen molar-refractivity contribution in [1.29, 1.82) is 0 Å². The Morgan fingerprint density at radius 3 is 2.77 bits per heavy atom. The van der Waals surface area contributed by atoms with E-state index >= 15 is 0 Å². The summed E-state index contributed by atoms with van der Waals surface area (Å²) in [6, 6.07) is 3.56. The molecule has 1 aromatic heterocycles. The molecule has 0 saturated carbocycles. The van der Waals surface area contributed by atoms with Crippen molar-refractivity contribution in [2.75, 3.05) is 7.11 Å². The SMILES string of the molecule is COc1c(Cl)ccc2nccnc12. The molecule has 1 aromatic carbocycles. The zero-order valence-electron chi connectivity index (χ0n) is 6.99. The summed E-state index contributed by atoms with van der Waals surface area (Å²) >= 11 is 5.91. The average molecular weight is 195 g/mol. The summed E-state index contributed by atoms with van der Waals surface area (Å²) in [6.45, 7) is 0.